The molecule has 0 aliphatic carbocycles. The lowest BCUT2D eigenvalue weighted by Gasteiger charge is -2.08. The molecular formula is C18H24O3. The monoisotopic (exact) mass is 288 g/mol. The molecule has 0 amide bonds. The van der Waals surface area contributed by atoms with Gasteiger partial charge in [0.2, 0.25) is 0 Å². The van der Waals surface area contributed by atoms with E-state index in [0.29, 0.717) is 17.9 Å². The Hall–Kier alpha value is -2.03. The number of para-hydroxylation sites is 1. The van der Waals surface area contributed by atoms with Crippen LogP contribution in [0.1, 0.15) is 44.0 Å². The minimum atomic E-state index is -0.380. The van der Waals surface area contributed by atoms with Gasteiger partial charge in [-0.25, -0.2) is 4.79 Å². The van der Waals surface area contributed by atoms with Crippen LogP contribution in [0.4, 0.5) is 0 Å². The standard InChI is InChI=1S/C18H24O3/c1-14(2)8-7-9-15(3)12-13-21-17-11-6-5-10-16(17)18(19)20-4/h5-6,8,10-12H,7,9,13H2,1-4H3. The zero-order valence-corrected chi connectivity index (χ0v) is 13.3. The summed E-state index contributed by atoms with van der Waals surface area (Å²) >= 11 is 0. The fourth-order valence-electron chi connectivity index (χ4n) is 1.84. The largest absolute Gasteiger partial charge is 0.489 e. The molecule has 0 aromatic heterocycles. The molecule has 0 aliphatic rings. The number of carbonyl (C=O) groups excluding carboxylic acids is 1. The molecule has 0 heterocycles. The average Bonchev–Trinajstić information content (AvgIpc) is 2.46. The van der Waals surface area contributed by atoms with Crippen molar-refractivity contribution in [1.82, 2.24) is 0 Å². The fraction of sp³-hybridized carbons (Fsp3) is 0.389. The Kier molecular flexibility index (Phi) is 7.30. The van der Waals surface area contributed by atoms with Gasteiger partial charge in [-0.1, -0.05) is 29.4 Å². The second-order valence-corrected chi connectivity index (χ2v) is 5.17. The third kappa shape index (κ3) is 6.30. The van der Waals surface area contributed by atoms with Crippen molar-refractivity contribution in [3.63, 3.8) is 0 Å². The molecule has 0 bridgehead atoms. The second kappa shape index (κ2) is 9.01. The van der Waals surface area contributed by atoms with Crippen LogP contribution < -0.4 is 4.74 Å². The molecule has 1 aromatic carbocycles. The van der Waals surface area contributed by atoms with Crippen LogP contribution in [0.2, 0.25) is 0 Å². The van der Waals surface area contributed by atoms with Gasteiger partial charge in [0.25, 0.3) is 0 Å². The number of benzene rings is 1. The summed E-state index contributed by atoms with van der Waals surface area (Å²) in [7, 11) is 1.37. The van der Waals surface area contributed by atoms with E-state index in [1.807, 2.05) is 12.1 Å². The molecule has 0 radical (unpaired) electrons. The van der Waals surface area contributed by atoms with Crippen LogP contribution in [0.15, 0.2) is 47.6 Å². The van der Waals surface area contributed by atoms with Crippen molar-refractivity contribution in [2.75, 3.05) is 13.7 Å². The first-order valence-corrected chi connectivity index (χ1v) is 7.13. The maximum Gasteiger partial charge on any atom is 0.341 e. The summed E-state index contributed by atoms with van der Waals surface area (Å²) < 4.78 is 10.4. The van der Waals surface area contributed by atoms with Gasteiger partial charge in [0, 0.05) is 0 Å². The van der Waals surface area contributed by atoms with E-state index in [9.17, 15) is 4.79 Å². The van der Waals surface area contributed by atoms with Crippen molar-refractivity contribution in [3.05, 3.63) is 53.1 Å². The van der Waals surface area contributed by atoms with Crippen LogP contribution in [-0.2, 0) is 4.74 Å². The number of carbonyl (C=O) groups is 1. The highest BCUT2D eigenvalue weighted by Crippen LogP contribution is 2.19. The van der Waals surface area contributed by atoms with Gasteiger partial charge in [-0.05, 0) is 51.8 Å². The molecule has 0 N–H and O–H groups in total. The summed E-state index contributed by atoms with van der Waals surface area (Å²) in [5, 5.41) is 0. The molecule has 3 nitrogen and oxygen atoms in total. The summed E-state index contributed by atoms with van der Waals surface area (Å²) in [6, 6.07) is 7.11. The first-order valence-electron chi connectivity index (χ1n) is 7.13. The highest BCUT2D eigenvalue weighted by molar-refractivity contribution is 5.92. The van der Waals surface area contributed by atoms with Crippen molar-refractivity contribution in [2.45, 2.75) is 33.6 Å². The molecule has 0 saturated heterocycles. The smallest absolute Gasteiger partial charge is 0.341 e. The lowest BCUT2D eigenvalue weighted by Crippen LogP contribution is -2.05. The van der Waals surface area contributed by atoms with Gasteiger partial charge in [-0.2, -0.15) is 0 Å². The van der Waals surface area contributed by atoms with E-state index in [-0.39, 0.29) is 5.97 Å². The molecule has 1 rings (SSSR count). The van der Waals surface area contributed by atoms with Gasteiger partial charge in [0.05, 0.1) is 7.11 Å². The van der Waals surface area contributed by atoms with Gasteiger partial charge in [-0.3, -0.25) is 0 Å². The maximum absolute atomic E-state index is 11.6. The van der Waals surface area contributed by atoms with Crippen molar-refractivity contribution >= 4 is 5.97 Å². The third-order valence-corrected chi connectivity index (χ3v) is 3.05. The van der Waals surface area contributed by atoms with Gasteiger partial charge in [0.15, 0.2) is 0 Å². The zero-order valence-electron chi connectivity index (χ0n) is 13.3. The summed E-state index contributed by atoms with van der Waals surface area (Å²) in [6.45, 7) is 6.75. The Morgan fingerprint density at radius 2 is 1.86 bits per heavy atom. The van der Waals surface area contributed by atoms with Crippen molar-refractivity contribution in [3.8, 4) is 5.75 Å². The third-order valence-electron chi connectivity index (χ3n) is 3.05. The predicted molar refractivity (Wildman–Crippen MR) is 85.7 cm³/mol. The van der Waals surface area contributed by atoms with E-state index < -0.39 is 0 Å². The van der Waals surface area contributed by atoms with E-state index in [0.717, 1.165) is 12.8 Å². The first-order chi connectivity index (χ1) is 10.0. The number of allylic oxidation sites excluding steroid dienone is 3. The van der Waals surface area contributed by atoms with Crippen LogP contribution in [-0.4, -0.2) is 19.7 Å². The Balaban J connectivity index is 2.56. The Morgan fingerprint density at radius 1 is 1.14 bits per heavy atom. The van der Waals surface area contributed by atoms with E-state index in [2.05, 4.69) is 26.8 Å². The molecule has 1 aromatic rings. The van der Waals surface area contributed by atoms with Crippen molar-refractivity contribution < 1.29 is 14.3 Å². The number of esters is 1. The molecule has 114 valence electrons. The van der Waals surface area contributed by atoms with E-state index in [4.69, 9.17) is 9.47 Å². The summed E-state index contributed by atoms with van der Waals surface area (Å²) in [5.74, 6) is 0.174. The topological polar surface area (TPSA) is 35.5 Å². The normalized spacial score (nSPS) is 11.0. The molecular weight excluding hydrogens is 264 g/mol. The van der Waals surface area contributed by atoms with Gasteiger partial charge >= 0.3 is 5.97 Å². The summed E-state index contributed by atoms with van der Waals surface area (Å²) in [6.07, 6.45) is 6.34. The molecule has 0 fully saturated rings. The number of hydrogen-bond donors (Lipinski definition) is 0. The number of ether oxygens (including phenoxy) is 2. The number of hydrogen-bond acceptors (Lipinski definition) is 3. The molecule has 21 heavy (non-hydrogen) atoms. The molecule has 0 saturated carbocycles. The zero-order chi connectivity index (χ0) is 15.7. The SMILES string of the molecule is COC(=O)c1ccccc1OCC=C(C)CCC=C(C)C. The van der Waals surface area contributed by atoms with Crippen LogP contribution in [0.5, 0.6) is 5.75 Å². The predicted octanol–water partition coefficient (Wildman–Crippen LogP) is 4.54. The number of rotatable bonds is 7. The van der Waals surface area contributed by atoms with Crippen molar-refractivity contribution in [1.29, 1.82) is 0 Å². The summed E-state index contributed by atoms with van der Waals surface area (Å²) in [5.41, 5.74) is 3.07. The van der Waals surface area contributed by atoms with E-state index in [1.165, 1.54) is 18.3 Å². The van der Waals surface area contributed by atoms with Crippen LogP contribution in [0.25, 0.3) is 0 Å². The molecule has 0 spiro atoms. The van der Waals surface area contributed by atoms with Crippen LogP contribution in [0, 0.1) is 0 Å². The van der Waals surface area contributed by atoms with Crippen LogP contribution in [0.3, 0.4) is 0 Å². The van der Waals surface area contributed by atoms with Gasteiger partial charge in [-0.15, -0.1) is 0 Å². The van der Waals surface area contributed by atoms with Crippen molar-refractivity contribution in [2.24, 2.45) is 0 Å². The molecule has 0 aliphatic heterocycles. The number of methoxy groups -OCH3 is 1. The maximum atomic E-state index is 11.6. The molecule has 3 heteroatoms. The average molecular weight is 288 g/mol. The van der Waals surface area contributed by atoms with E-state index in [1.54, 1.807) is 18.2 Å². The minimum Gasteiger partial charge on any atom is -0.489 e. The lowest BCUT2D eigenvalue weighted by atomic mass is 10.1. The highest BCUT2D eigenvalue weighted by Gasteiger charge is 2.11. The highest BCUT2D eigenvalue weighted by atomic mass is 16.5. The molecule has 0 atom stereocenters. The quantitative estimate of drug-likeness (QED) is 0.545. The van der Waals surface area contributed by atoms with E-state index >= 15 is 0 Å². The van der Waals surface area contributed by atoms with Gasteiger partial charge < -0.3 is 9.47 Å². The fourth-order valence-corrected chi connectivity index (χ4v) is 1.84. The lowest BCUT2D eigenvalue weighted by molar-refractivity contribution is 0.0596. The van der Waals surface area contributed by atoms with Gasteiger partial charge in [0.1, 0.15) is 17.9 Å². The summed E-state index contributed by atoms with van der Waals surface area (Å²) in [4.78, 5) is 11.6. The first kappa shape index (κ1) is 17.0. The molecule has 0 unspecified atom stereocenters. The Bertz CT molecular complexity index is 523. The minimum absolute atomic E-state index is 0.380. The Morgan fingerprint density at radius 3 is 2.52 bits per heavy atom. The Labute approximate surface area is 127 Å². The second-order valence-electron chi connectivity index (χ2n) is 5.17. The van der Waals surface area contributed by atoms with Crippen LogP contribution >= 0.6 is 0 Å².